The molecule has 1 aromatic heterocycles. The number of nitrogens with zero attached hydrogens (tertiary/aromatic N) is 1. The molecule has 20 heavy (non-hydrogen) atoms. The fourth-order valence-corrected chi connectivity index (χ4v) is 3.27. The van der Waals surface area contributed by atoms with Crippen LogP contribution >= 0.6 is 43.2 Å². The number of benzene rings is 2. The topological polar surface area (TPSA) is 12.9 Å². The molecule has 0 unspecified atom stereocenters. The van der Waals surface area contributed by atoms with Gasteiger partial charge in [0.15, 0.2) is 0 Å². The van der Waals surface area contributed by atoms with Crippen LogP contribution in [0.5, 0.6) is 0 Å². The SMILES string of the molecule is Fc1ccc(Br)cc1-c1csc(-c2ccc(Br)cc2)n1. The number of hydrogen-bond acceptors (Lipinski definition) is 2. The van der Waals surface area contributed by atoms with E-state index < -0.39 is 0 Å². The van der Waals surface area contributed by atoms with Gasteiger partial charge in [0.05, 0.1) is 5.69 Å². The molecule has 0 aliphatic carbocycles. The van der Waals surface area contributed by atoms with Crippen LogP contribution in [0.15, 0.2) is 56.8 Å². The van der Waals surface area contributed by atoms with Crippen LogP contribution in [-0.4, -0.2) is 4.98 Å². The summed E-state index contributed by atoms with van der Waals surface area (Å²) < 4.78 is 15.7. The van der Waals surface area contributed by atoms with Crippen molar-refractivity contribution in [2.24, 2.45) is 0 Å². The summed E-state index contributed by atoms with van der Waals surface area (Å²) in [5.41, 5.74) is 2.20. The van der Waals surface area contributed by atoms with Gasteiger partial charge in [-0.25, -0.2) is 9.37 Å². The average molecular weight is 413 g/mol. The van der Waals surface area contributed by atoms with Gasteiger partial charge >= 0.3 is 0 Å². The van der Waals surface area contributed by atoms with Gasteiger partial charge in [-0.2, -0.15) is 0 Å². The molecule has 0 aliphatic heterocycles. The average Bonchev–Trinajstić information content (AvgIpc) is 2.92. The minimum absolute atomic E-state index is 0.263. The maximum absolute atomic E-state index is 13.9. The number of aromatic nitrogens is 1. The Morgan fingerprint density at radius 1 is 0.950 bits per heavy atom. The lowest BCUT2D eigenvalue weighted by Gasteiger charge is -2.00. The van der Waals surface area contributed by atoms with Crippen molar-refractivity contribution >= 4 is 43.2 Å². The van der Waals surface area contributed by atoms with Crippen molar-refractivity contribution in [3.63, 3.8) is 0 Å². The Balaban J connectivity index is 2.01. The predicted octanol–water partition coefficient (Wildman–Crippen LogP) is 6.14. The van der Waals surface area contributed by atoms with Crippen LogP contribution in [0.3, 0.4) is 0 Å². The molecule has 0 aliphatic rings. The van der Waals surface area contributed by atoms with Crippen LogP contribution in [0.25, 0.3) is 21.8 Å². The maximum Gasteiger partial charge on any atom is 0.132 e. The first-order valence-electron chi connectivity index (χ1n) is 5.80. The van der Waals surface area contributed by atoms with Crippen LogP contribution in [-0.2, 0) is 0 Å². The number of rotatable bonds is 2. The zero-order valence-corrected chi connectivity index (χ0v) is 14.1. The molecule has 2 aromatic carbocycles. The highest BCUT2D eigenvalue weighted by molar-refractivity contribution is 9.10. The third kappa shape index (κ3) is 2.85. The molecule has 1 heterocycles. The van der Waals surface area contributed by atoms with E-state index in [9.17, 15) is 4.39 Å². The summed E-state index contributed by atoms with van der Waals surface area (Å²) in [4.78, 5) is 4.52. The molecule has 0 spiro atoms. The number of halogens is 3. The predicted molar refractivity (Wildman–Crippen MR) is 88.3 cm³/mol. The molecule has 0 saturated heterocycles. The summed E-state index contributed by atoms with van der Waals surface area (Å²) in [5.74, 6) is -0.263. The number of hydrogen-bond donors (Lipinski definition) is 0. The van der Waals surface area contributed by atoms with E-state index in [1.54, 1.807) is 12.1 Å². The summed E-state index contributed by atoms with van der Waals surface area (Å²) in [6, 6.07) is 12.8. The van der Waals surface area contributed by atoms with Gasteiger partial charge in [0.1, 0.15) is 10.8 Å². The Hall–Kier alpha value is -1.04. The van der Waals surface area contributed by atoms with Crippen LogP contribution < -0.4 is 0 Å². The van der Waals surface area contributed by atoms with E-state index in [0.29, 0.717) is 11.3 Å². The lowest BCUT2D eigenvalue weighted by molar-refractivity contribution is 0.630. The van der Waals surface area contributed by atoms with Crippen molar-refractivity contribution in [2.75, 3.05) is 0 Å². The smallest absolute Gasteiger partial charge is 0.132 e. The summed E-state index contributed by atoms with van der Waals surface area (Å²) in [6.07, 6.45) is 0. The Morgan fingerprint density at radius 2 is 1.65 bits per heavy atom. The molecule has 3 rings (SSSR count). The van der Waals surface area contributed by atoms with E-state index in [0.717, 1.165) is 19.5 Å². The highest BCUT2D eigenvalue weighted by Crippen LogP contribution is 2.32. The minimum atomic E-state index is -0.263. The first-order chi connectivity index (χ1) is 9.63. The van der Waals surface area contributed by atoms with Crippen LogP contribution in [0.1, 0.15) is 0 Å². The standard InChI is InChI=1S/C15H8Br2FNS/c16-10-3-1-9(2-4-10)15-19-14(8-20-15)12-7-11(17)5-6-13(12)18/h1-8H. The molecule has 0 amide bonds. The van der Waals surface area contributed by atoms with E-state index in [-0.39, 0.29) is 5.82 Å². The third-order valence-electron chi connectivity index (χ3n) is 2.80. The molecular weight excluding hydrogens is 405 g/mol. The zero-order chi connectivity index (χ0) is 14.1. The van der Waals surface area contributed by atoms with Crippen LogP contribution in [0, 0.1) is 5.82 Å². The molecule has 5 heteroatoms. The molecule has 1 nitrogen and oxygen atoms in total. The van der Waals surface area contributed by atoms with E-state index in [4.69, 9.17) is 0 Å². The van der Waals surface area contributed by atoms with Gasteiger partial charge in [-0.15, -0.1) is 11.3 Å². The van der Waals surface area contributed by atoms with Crippen LogP contribution in [0.4, 0.5) is 4.39 Å². The molecule has 0 radical (unpaired) electrons. The Labute approximate surface area is 136 Å². The second-order valence-electron chi connectivity index (χ2n) is 4.17. The summed E-state index contributed by atoms with van der Waals surface area (Å²) >= 11 is 8.27. The van der Waals surface area contributed by atoms with Gasteiger partial charge in [0.25, 0.3) is 0 Å². The molecule has 0 fully saturated rings. The van der Waals surface area contributed by atoms with Crippen molar-refractivity contribution in [2.45, 2.75) is 0 Å². The van der Waals surface area contributed by atoms with Gasteiger partial charge < -0.3 is 0 Å². The van der Waals surface area contributed by atoms with Crippen molar-refractivity contribution in [3.8, 4) is 21.8 Å². The molecule has 0 atom stereocenters. The number of thiazole rings is 1. The lowest BCUT2D eigenvalue weighted by Crippen LogP contribution is -1.85. The Bertz CT molecular complexity index is 753. The third-order valence-corrected chi connectivity index (χ3v) is 4.71. The van der Waals surface area contributed by atoms with E-state index in [1.165, 1.54) is 17.4 Å². The first-order valence-corrected chi connectivity index (χ1v) is 8.27. The first kappa shape index (κ1) is 13.9. The fraction of sp³-hybridized carbons (Fsp3) is 0. The molecule has 0 saturated carbocycles. The second kappa shape index (κ2) is 5.76. The highest BCUT2D eigenvalue weighted by atomic mass is 79.9. The van der Waals surface area contributed by atoms with Crippen molar-refractivity contribution in [3.05, 3.63) is 62.6 Å². The largest absolute Gasteiger partial charge is 0.236 e. The highest BCUT2D eigenvalue weighted by Gasteiger charge is 2.11. The van der Waals surface area contributed by atoms with E-state index >= 15 is 0 Å². The van der Waals surface area contributed by atoms with E-state index in [2.05, 4.69) is 36.8 Å². The van der Waals surface area contributed by atoms with Gasteiger partial charge in [0.2, 0.25) is 0 Å². The lowest BCUT2D eigenvalue weighted by atomic mass is 10.1. The van der Waals surface area contributed by atoms with Gasteiger partial charge in [-0.1, -0.05) is 44.0 Å². The van der Waals surface area contributed by atoms with Crippen molar-refractivity contribution < 1.29 is 4.39 Å². The fourth-order valence-electron chi connectivity index (χ4n) is 1.82. The molecule has 3 aromatic rings. The van der Waals surface area contributed by atoms with Crippen LogP contribution in [0.2, 0.25) is 0 Å². The minimum Gasteiger partial charge on any atom is -0.236 e. The molecule has 0 N–H and O–H groups in total. The Morgan fingerprint density at radius 3 is 2.40 bits per heavy atom. The molecular formula is C15H8Br2FNS. The summed E-state index contributed by atoms with van der Waals surface area (Å²) in [7, 11) is 0. The Kier molecular flexibility index (Phi) is 4.01. The van der Waals surface area contributed by atoms with Gasteiger partial charge in [0, 0.05) is 25.5 Å². The summed E-state index contributed by atoms with van der Waals surface area (Å²) in [5, 5.41) is 2.76. The van der Waals surface area contributed by atoms with Crippen molar-refractivity contribution in [1.82, 2.24) is 4.98 Å². The molecule has 100 valence electrons. The molecule has 0 bridgehead atoms. The maximum atomic E-state index is 13.9. The van der Waals surface area contributed by atoms with Crippen molar-refractivity contribution in [1.29, 1.82) is 0 Å². The monoisotopic (exact) mass is 411 g/mol. The second-order valence-corrected chi connectivity index (χ2v) is 6.86. The quantitative estimate of drug-likeness (QED) is 0.492. The normalized spacial score (nSPS) is 10.8. The van der Waals surface area contributed by atoms with Gasteiger partial charge in [-0.3, -0.25) is 0 Å². The summed E-state index contributed by atoms with van der Waals surface area (Å²) in [6.45, 7) is 0. The zero-order valence-electron chi connectivity index (χ0n) is 10.1. The van der Waals surface area contributed by atoms with Gasteiger partial charge in [-0.05, 0) is 30.3 Å². The van der Waals surface area contributed by atoms with E-state index in [1.807, 2.05) is 29.6 Å².